The van der Waals surface area contributed by atoms with Gasteiger partial charge in [0.25, 0.3) is 0 Å². The molecule has 1 atom stereocenters. The Morgan fingerprint density at radius 3 is 2.55 bits per heavy atom. The SMILES string of the molecule is C[C@@H](CS(=O)(=O)CCCCCN1CC(=O)NC(=O)C1)c1ccc(F)c(OCC2CC2)c1. The molecule has 0 radical (unpaired) electrons. The highest BCUT2D eigenvalue weighted by molar-refractivity contribution is 7.91. The van der Waals surface area contributed by atoms with Crippen molar-refractivity contribution in [1.29, 1.82) is 0 Å². The quantitative estimate of drug-likeness (QED) is 0.385. The van der Waals surface area contributed by atoms with Crippen LogP contribution in [-0.4, -0.2) is 62.9 Å². The maximum Gasteiger partial charge on any atom is 0.240 e. The number of piperazine rings is 1. The number of imide groups is 1. The lowest BCUT2D eigenvalue weighted by Crippen LogP contribution is -2.51. The van der Waals surface area contributed by atoms with Crippen LogP contribution in [-0.2, 0) is 19.4 Å². The van der Waals surface area contributed by atoms with E-state index in [1.54, 1.807) is 17.0 Å². The number of carbonyl (C=O) groups excluding carboxylic acids is 2. The van der Waals surface area contributed by atoms with Gasteiger partial charge in [0.2, 0.25) is 11.8 Å². The Balaban J connectivity index is 1.40. The summed E-state index contributed by atoms with van der Waals surface area (Å²) in [6.45, 7) is 3.32. The average Bonchev–Trinajstić information content (AvgIpc) is 3.50. The molecule has 0 aromatic heterocycles. The van der Waals surface area contributed by atoms with E-state index >= 15 is 0 Å². The van der Waals surface area contributed by atoms with Crippen LogP contribution in [0.1, 0.15) is 50.5 Å². The van der Waals surface area contributed by atoms with Crippen LogP contribution in [0.4, 0.5) is 4.39 Å². The van der Waals surface area contributed by atoms with E-state index < -0.39 is 15.7 Å². The highest BCUT2D eigenvalue weighted by Gasteiger charge is 2.24. The van der Waals surface area contributed by atoms with E-state index in [2.05, 4.69) is 5.32 Å². The number of ether oxygens (including phenoxy) is 1. The zero-order valence-corrected chi connectivity index (χ0v) is 18.8. The molecule has 31 heavy (non-hydrogen) atoms. The molecule has 2 fully saturated rings. The van der Waals surface area contributed by atoms with Crippen LogP contribution >= 0.6 is 0 Å². The van der Waals surface area contributed by atoms with Crippen molar-refractivity contribution in [2.24, 2.45) is 5.92 Å². The van der Waals surface area contributed by atoms with Crippen molar-refractivity contribution in [3.05, 3.63) is 29.6 Å². The van der Waals surface area contributed by atoms with Gasteiger partial charge in [-0.05, 0) is 61.8 Å². The number of carbonyl (C=O) groups is 2. The summed E-state index contributed by atoms with van der Waals surface area (Å²) in [5.41, 5.74) is 0.754. The molecule has 1 N–H and O–H groups in total. The van der Waals surface area contributed by atoms with E-state index in [0.29, 0.717) is 31.9 Å². The summed E-state index contributed by atoms with van der Waals surface area (Å²) in [6, 6.07) is 4.58. The monoisotopic (exact) mass is 454 g/mol. The van der Waals surface area contributed by atoms with Gasteiger partial charge in [-0.1, -0.05) is 19.4 Å². The lowest BCUT2D eigenvalue weighted by molar-refractivity contribution is -0.136. The number of nitrogens with one attached hydrogen (secondary N) is 1. The lowest BCUT2D eigenvalue weighted by Gasteiger charge is -2.24. The fourth-order valence-corrected chi connectivity index (χ4v) is 5.44. The number of sulfone groups is 1. The van der Waals surface area contributed by atoms with E-state index in [1.165, 1.54) is 6.07 Å². The van der Waals surface area contributed by atoms with Crippen molar-refractivity contribution in [1.82, 2.24) is 10.2 Å². The summed E-state index contributed by atoms with van der Waals surface area (Å²) < 4.78 is 44.6. The smallest absolute Gasteiger partial charge is 0.240 e. The van der Waals surface area contributed by atoms with Gasteiger partial charge in [-0.15, -0.1) is 0 Å². The second-order valence-corrected chi connectivity index (χ2v) is 10.9. The van der Waals surface area contributed by atoms with Crippen LogP contribution < -0.4 is 10.1 Å². The molecule has 1 heterocycles. The Morgan fingerprint density at radius 2 is 1.87 bits per heavy atom. The van der Waals surface area contributed by atoms with Gasteiger partial charge in [-0.3, -0.25) is 19.8 Å². The van der Waals surface area contributed by atoms with Gasteiger partial charge in [0.1, 0.15) is 0 Å². The number of nitrogens with zero attached hydrogens (tertiary/aromatic N) is 1. The Bertz CT molecular complexity index is 885. The molecule has 2 amide bonds. The third-order valence-electron chi connectivity index (χ3n) is 5.64. The average molecular weight is 455 g/mol. The Labute approximate surface area is 183 Å². The van der Waals surface area contributed by atoms with Gasteiger partial charge in [-0.25, -0.2) is 12.8 Å². The lowest BCUT2D eigenvalue weighted by atomic mass is 10.0. The van der Waals surface area contributed by atoms with Crippen LogP contribution in [0.5, 0.6) is 5.75 Å². The topological polar surface area (TPSA) is 92.8 Å². The number of benzene rings is 1. The van der Waals surface area contributed by atoms with Crippen LogP contribution in [0.25, 0.3) is 0 Å². The minimum atomic E-state index is -3.26. The van der Waals surface area contributed by atoms with E-state index in [1.807, 2.05) is 6.92 Å². The second kappa shape index (κ2) is 10.5. The number of amides is 2. The fourth-order valence-electron chi connectivity index (χ4n) is 3.68. The van der Waals surface area contributed by atoms with Crippen molar-refractivity contribution in [2.45, 2.75) is 44.9 Å². The number of rotatable bonds is 12. The molecule has 0 unspecified atom stereocenters. The molecule has 1 aliphatic carbocycles. The third kappa shape index (κ3) is 7.88. The van der Waals surface area contributed by atoms with E-state index in [0.717, 1.165) is 24.8 Å². The van der Waals surface area contributed by atoms with Crippen molar-refractivity contribution in [2.75, 3.05) is 37.7 Å². The standard InChI is InChI=1S/C22H31FN2O5S/c1-16(18-7-8-19(23)20(11-18)30-14-17-5-6-17)15-31(28,29)10-4-2-3-9-25-12-21(26)24-22(27)13-25/h7-8,11,16-17H,2-6,9-10,12-15H2,1H3,(H,24,26,27)/t16-/m0/s1. The van der Waals surface area contributed by atoms with Gasteiger partial charge in [0, 0.05) is 0 Å². The van der Waals surface area contributed by atoms with Gasteiger partial charge in [-0.2, -0.15) is 0 Å². The van der Waals surface area contributed by atoms with Gasteiger partial charge < -0.3 is 4.74 Å². The predicted octanol–water partition coefficient (Wildman–Crippen LogP) is 2.26. The first-order chi connectivity index (χ1) is 14.7. The Morgan fingerprint density at radius 1 is 1.16 bits per heavy atom. The summed E-state index contributed by atoms with van der Waals surface area (Å²) >= 11 is 0. The first kappa shape index (κ1) is 23.7. The minimum Gasteiger partial charge on any atom is -0.490 e. The summed E-state index contributed by atoms with van der Waals surface area (Å²) in [4.78, 5) is 24.5. The normalized spacial score (nSPS) is 18.6. The highest BCUT2D eigenvalue weighted by atomic mass is 32.2. The van der Waals surface area contributed by atoms with Crippen molar-refractivity contribution >= 4 is 21.7 Å². The number of hydrogen-bond donors (Lipinski definition) is 1. The maximum atomic E-state index is 14.0. The number of halogens is 1. The molecule has 2 aliphatic rings. The maximum absolute atomic E-state index is 14.0. The second-order valence-electron chi connectivity index (χ2n) is 8.70. The van der Waals surface area contributed by atoms with Crippen molar-refractivity contribution < 1.29 is 27.1 Å². The minimum absolute atomic E-state index is 0.00148. The molecule has 1 aromatic carbocycles. The number of hydrogen-bond acceptors (Lipinski definition) is 6. The molecule has 1 aromatic rings. The van der Waals surface area contributed by atoms with E-state index in [4.69, 9.17) is 4.74 Å². The van der Waals surface area contributed by atoms with E-state index in [-0.39, 0.29) is 48.1 Å². The third-order valence-corrected chi connectivity index (χ3v) is 7.56. The first-order valence-corrected chi connectivity index (χ1v) is 12.7. The summed E-state index contributed by atoms with van der Waals surface area (Å²) in [6.07, 6.45) is 4.19. The molecule has 7 nitrogen and oxygen atoms in total. The van der Waals surface area contributed by atoms with Crippen LogP contribution in [0.3, 0.4) is 0 Å². The molecule has 3 rings (SSSR count). The molecule has 1 saturated heterocycles. The van der Waals surface area contributed by atoms with Crippen molar-refractivity contribution in [3.63, 3.8) is 0 Å². The molecule has 1 aliphatic heterocycles. The zero-order valence-electron chi connectivity index (χ0n) is 17.9. The van der Waals surface area contributed by atoms with E-state index in [9.17, 15) is 22.4 Å². The molecular weight excluding hydrogens is 423 g/mol. The summed E-state index contributed by atoms with van der Waals surface area (Å²) in [7, 11) is -3.26. The Kier molecular flexibility index (Phi) is 8.05. The molecule has 1 saturated carbocycles. The largest absolute Gasteiger partial charge is 0.490 e. The molecule has 0 bridgehead atoms. The van der Waals surface area contributed by atoms with Crippen LogP contribution in [0.15, 0.2) is 18.2 Å². The molecular formula is C22H31FN2O5S. The first-order valence-electron chi connectivity index (χ1n) is 10.9. The molecule has 172 valence electrons. The predicted molar refractivity (Wildman–Crippen MR) is 115 cm³/mol. The van der Waals surface area contributed by atoms with Crippen LogP contribution in [0.2, 0.25) is 0 Å². The Hall–Kier alpha value is -2.00. The highest BCUT2D eigenvalue weighted by Crippen LogP contribution is 2.31. The van der Waals surface area contributed by atoms with Gasteiger partial charge in [0.05, 0.1) is 31.2 Å². The molecule has 9 heteroatoms. The van der Waals surface area contributed by atoms with Gasteiger partial charge in [0.15, 0.2) is 21.4 Å². The summed E-state index contributed by atoms with van der Waals surface area (Å²) in [5, 5.41) is 2.26. The van der Waals surface area contributed by atoms with Crippen LogP contribution in [0, 0.1) is 11.7 Å². The van der Waals surface area contributed by atoms with Crippen molar-refractivity contribution in [3.8, 4) is 5.75 Å². The zero-order chi connectivity index (χ0) is 22.4. The number of unbranched alkanes of at least 4 members (excludes halogenated alkanes) is 2. The summed E-state index contributed by atoms with van der Waals surface area (Å²) in [5.74, 6) is -0.486. The fraction of sp³-hybridized carbons (Fsp3) is 0.636. The molecule has 0 spiro atoms. The van der Waals surface area contributed by atoms with Gasteiger partial charge >= 0.3 is 0 Å².